The van der Waals surface area contributed by atoms with E-state index in [1.807, 2.05) is 36.0 Å². The van der Waals surface area contributed by atoms with Crippen LogP contribution in [0.15, 0.2) is 72.1 Å². The zero-order valence-electron chi connectivity index (χ0n) is 16.3. The predicted octanol–water partition coefficient (Wildman–Crippen LogP) is 2.00. The molecule has 0 aliphatic heterocycles. The van der Waals surface area contributed by atoms with Gasteiger partial charge in [0.05, 0.1) is 23.0 Å². The molecule has 0 fully saturated rings. The van der Waals surface area contributed by atoms with Crippen LogP contribution in [0.3, 0.4) is 0 Å². The standard InChI is InChI=1S/C20H18N6O3S/c1-14(27)21-15-7-9-16(10-8-15)30(28,29)24-19-20(26-12-11-25(2)13-26)23-18-6-4-3-5-17(18)22-19/h3-13H,1-2H3,(H-,21,22,24,27)/p+1. The maximum Gasteiger partial charge on any atom is 0.270 e. The summed E-state index contributed by atoms with van der Waals surface area (Å²) in [7, 11) is -2.08. The lowest BCUT2D eigenvalue weighted by molar-refractivity contribution is -0.670. The number of rotatable bonds is 5. The summed E-state index contributed by atoms with van der Waals surface area (Å²) in [5.74, 6) is 0.225. The number of nitrogens with zero attached hydrogens (tertiary/aromatic N) is 4. The number of benzene rings is 2. The number of aromatic nitrogens is 4. The van der Waals surface area contributed by atoms with Crippen molar-refractivity contribution in [1.29, 1.82) is 0 Å². The smallest absolute Gasteiger partial charge is 0.270 e. The third-order valence-electron chi connectivity index (χ3n) is 4.28. The topological polar surface area (TPSA) is 110 Å². The molecule has 0 aliphatic rings. The van der Waals surface area contributed by atoms with Gasteiger partial charge in [-0.1, -0.05) is 12.1 Å². The Hall–Kier alpha value is -3.79. The minimum absolute atomic E-state index is 0.0376. The summed E-state index contributed by atoms with van der Waals surface area (Å²) in [4.78, 5) is 20.3. The third kappa shape index (κ3) is 3.98. The number of nitrogens with one attached hydrogen (secondary N) is 2. The van der Waals surface area contributed by atoms with Gasteiger partial charge in [0.2, 0.25) is 18.1 Å². The van der Waals surface area contributed by atoms with Gasteiger partial charge in [0.15, 0.2) is 0 Å². The highest BCUT2D eigenvalue weighted by Crippen LogP contribution is 2.23. The molecule has 1 amide bonds. The first kappa shape index (κ1) is 19.5. The van der Waals surface area contributed by atoms with Crippen LogP contribution in [0.4, 0.5) is 11.5 Å². The third-order valence-corrected chi connectivity index (χ3v) is 5.64. The molecule has 0 spiro atoms. The Kier molecular flexibility index (Phi) is 4.92. The van der Waals surface area contributed by atoms with E-state index in [0.717, 1.165) is 0 Å². The summed E-state index contributed by atoms with van der Waals surface area (Å²) in [6.45, 7) is 1.38. The van der Waals surface area contributed by atoms with Gasteiger partial charge < -0.3 is 5.32 Å². The van der Waals surface area contributed by atoms with Crippen LogP contribution >= 0.6 is 0 Å². The number of para-hydroxylation sites is 2. The van der Waals surface area contributed by atoms with Gasteiger partial charge >= 0.3 is 0 Å². The van der Waals surface area contributed by atoms with Gasteiger partial charge in [-0.3, -0.25) is 9.52 Å². The number of sulfonamides is 1. The number of hydrogen-bond acceptors (Lipinski definition) is 5. The van der Waals surface area contributed by atoms with E-state index in [1.54, 1.807) is 23.2 Å². The van der Waals surface area contributed by atoms with Crippen molar-refractivity contribution < 1.29 is 17.8 Å². The van der Waals surface area contributed by atoms with Crippen LogP contribution in [-0.2, 0) is 21.9 Å². The molecule has 0 saturated carbocycles. The van der Waals surface area contributed by atoms with Crippen molar-refractivity contribution in [3.8, 4) is 5.82 Å². The van der Waals surface area contributed by atoms with Gasteiger partial charge in [-0.05, 0) is 36.4 Å². The molecular weight excluding hydrogens is 404 g/mol. The molecule has 0 aliphatic carbocycles. The quantitative estimate of drug-likeness (QED) is 0.477. The van der Waals surface area contributed by atoms with Crippen LogP contribution < -0.4 is 14.6 Å². The zero-order valence-corrected chi connectivity index (χ0v) is 17.1. The molecule has 10 heteroatoms. The molecule has 0 bridgehead atoms. The molecule has 30 heavy (non-hydrogen) atoms. The number of amides is 1. The molecule has 2 aromatic heterocycles. The fraction of sp³-hybridized carbons (Fsp3) is 0.100. The molecular formula is C20H19N6O3S+. The van der Waals surface area contributed by atoms with Crippen molar-refractivity contribution in [2.45, 2.75) is 11.8 Å². The fourth-order valence-electron chi connectivity index (χ4n) is 2.92. The second-order valence-electron chi connectivity index (χ2n) is 6.68. The number of fused-ring (bicyclic) bond motifs is 1. The van der Waals surface area contributed by atoms with Crippen LogP contribution in [-0.4, -0.2) is 28.9 Å². The van der Waals surface area contributed by atoms with Crippen molar-refractivity contribution in [3.63, 3.8) is 0 Å². The molecule has 0 unspecified atom stereocenters. The number of carbonyl (C=O) groups excluding carboxylic acids is 1. The highest BCUT2D eigenvalue weighted by molar-refractivity contribution is 7.92. The van der Waals surface area contributed by atoms with E-state index in [2.05, 4.69) is 20.0 Å². The van der Waals surface area contributed by atoms with Crippen LogP contribution in [0.2, 0.25) is 0 Å². The molecule has 0 atom stereocenters. The van der Waals surface area contributed by atoms with Crippen molar-refractivity contribution in [1.82, 2.24) is 14.5 Å². The second-order valence-corrected chi connectivity index (χ2v) is 8.36. The lowest BCUT2D eigenvalue weighted by atomic mass is 10.3. The summed E-state index contributed by atoms with van der Waals surface area (Å²) in [6.07, 6.45) is 5.34. The van der Waals surface area contributed by atoms with E-state index in [1.165, 1.54) is 31.2 Å². The number of hydrogen-bond donors (Lipinski definition) is 2. The Morgan fingerprint density at radius 1 is 1.03 bits per heavy atom. The number of carbonyl (C=O) groups is 1. The lowest BCUT2D eigenvalue weighted by Gasteiger charge is -2.11. The summed E-state index contributed by atoms with van der Waals surface area (Å²) >= 11 is 0. The second kappa shape index (κ2) is 7.56. The number of anilines is 2. The Balaban J connectivity index is 1.75. The van der Waals surface area contributed by atoms with Gasteiger partial charge in [0.1, 0.15) is 12.4 Å². The highest BCUT2D eigenvalue weighted by Gasteiger charge is 2.22. The number of imidazole rings is 1. The highest BCUT2D eigenvalue weighted by atomic mass is 32.2. The first-order valence-corrected chi connectivity index (χ1v) is 10.5. The number of aryl methyl sites for hydroxylation is 1. The molecule has 4 rings (SSSR count). The van der Waals surface area contributed by atoms with Gasteiger partial charge in [0, 0.05) is 12.6 Å². The molecule has 4 aromatic rings. The minimum atomic E-state index is -3.94. The summed E-state index contributed by atoms with van der Waals surface area (Å²) in [5, 5.41) is 2.60. The van der Waals surface area contributed by atoms with E-state index in [4.69, 9.17) is 0 Å². The van der Waals surface area contributed by atoms with E-state index in [9.17, 15) is 13.2 Å². The fourth-order valence-corrected chi connectivity index (χ4v) is 3.93. The van der Waals surface area contributed by atoms with Crippen LogP contribution in [0.1, 0.15) is 6.92 Å². The van der Waals surface area contributed by atoms with Crippen molar-refractivity contribution in [2.24, 2.45) is 7.05 Å². The van der Waals surface area contributed by atoms with Crippen LogP contribution in [0, 0.1) is 0 Å². The van der Waals surface area contributed by atoms with Crippen LogP contribution in [0.25, 0.3) is 16.9 Å². The normalized spacial score (nSPS) is 11.4. The average Bonchev–Trinajstić information content (AvgIpc) is 3.13. The van der Waals surface area contributed by atoms with E-state index in [0.29, 0.717) is 22.5 Å². The molecule has 2 aromatic carbocycles. The van der Waals surface area contributed by atoms with Crippen molar-refractivity contribution in [2.75, 3.05) is 10.0 Å². The Morgan fingerprint density at radius 2 is 1.70 bits per heavy atom. The molecule has 9 nitrogen and oxygen atoms in total. The van der Waals surface area contributed by atoms with E-state index < -0.39 is 10.0 Å². The Morgan fingerprint density at radius 3 is 2.30 bits per heavy atom. The van der Waals surface area contributed by atoms with Gasteiger partial charge in [-0.2, -0.15) is 4.57 Å². The lowest BCUT2D eigenvalue weighted by Crippen LogP contribution is -2.24. The average molecular weight is 423 g/mol. The van der Waals surface area contributed by atoms with Gasteiger partial charge in [0.25, 0.3) is 15.8 Å². The van der Waals surface area contributed by atoms with Crippen molar-refractivity contribution >= 4 is 38.5 Å². The first-order valence-electron chi connectivity index (χ1n) is 9.03. The molecule has 152 valence electrons. The molecule has 2 N–H and O–H groups in total. The molecule has 0 radical (unpaired) electrons. The minimum Gasteiger partial charge on any atom is -0.326 e. The SMILES string of the molecule is CC(=O)Nc1ccc(S(=O)(=O)Nc2nc3ccccc3nc2-n2cc[n+](C)c2)cc1. The van der Waals surface area contributed by atoms with Crippen LogP contribution in [0.5, 0.6) is 0 Å². The molecule has 2 heterocycles. The first-order chi connectivity index (χ1) is 14.3. The summed E-state index contributed by atoms with van der Waals surface area (Å²) in [5.41, 5.74) is 1.72. The van der Waals surface area contributed by atoms with Gasteiger partial charge in [-0.15, -0.1) is 0 Å². The largest absolute Gasteiger partial charge is 0.326 e. The maximum absolute atomic E-state index is 13.0. The summed E-state index contributed by atoms with van der Waals surface area (Å²) < 4.78 is 32.0. The van der Waals surface area contributed by atoms with Gasteiger partial charge in [-0.25, -0.2) is 23.0 Å². The predicted molar refractivity (Wildman–Crippen MR) is 112 cm³/mol. The zero-order chi connectivity index (χ0) is 21.3. The van der Waals surface area contributed by atoms with Crippen molar-refractivity contribution in [3.05, 3.63) is 67.3 Å². The summed E-state index contributed by atoms with van der Waals surface area (Å²) in [6, 6.07) is 13.1. The molecule has 0 saturated heterocycles. The van der Waals surface area contributed by atoms with E-state index >= 15 is 0 Å². The Bertz CT molecular complexity index is 1350. The Labute approximate surface area is 173 Å². The van der Waals surface area contributed by atoms with E-state index in [-0.39, 0.29) is 16.6 Å². The monoisotopic (exact) mass is 423 g/mol. The maximum atomic E-state index is 13.0.